The van der Waals surface area contributed by atoms with Crippen LogP contribution in [-0.2, 0) is 9.53 Å². The van der Waals surface area contributed by atoms with Crippen LogP contribution in [0.3, 0.4) is 0 Å². The van der Waals surface area contributed by atoms with E-state index in [2.05, 4.69) is 86.6 Å². The molecule has 1 fully saturated rings. The van der Waals surface area contributed by atoms with Crippen LogP contribution < -0.4 is 0 Å². The summed E-state index contributed by atoms with van der Waals surface area (Å²) in [5.41, 5.74) is 5.55. The molecule has 0 radical (unpaired) electrons. The van der Waals surface area contributed by atoms with Gasteiger partial charge in [-0.3, -0.25) is 4.79 Å². The molecule has 2 heteroatoms. The van der Waals surface area contributed by atoms with Crippen molar-refractivity contribution in [1.29, 1.82) is 0 Å². The number of ether oxygens (including phenoxy) is 1. The van der Waals surface area contributed by atoms with E-state index in [1.807, 2.05) is 0 Å². The van der Waals surface area contributed by atoms with E-state index in [0.29, 0.717) is 30.0 Å². The third-order valence-electron chi connectivity index (χ3n) is 6.96. The molecule has 4 atom stereocenters. The van der Waals surface area contributed by atoms with Gasteiger partial charge in [0.25, 0.3) is 0 Å². The minimum Gasteiger partial charge on any atom is -0.369 e. The minimum atomic E-state index is -0.0659. The summed E-state index contributed by atoms with van der Waals surface area (Å²) in [4.78, 5) is 12.8. The van der Waals surface area contributed by atoms with Crippen molar-refractivity contribution in [3.63, 3.8) is 0 Å². The van der Waals surface area contributed by atoms with Gasteiger partial charge in [-0.05, 0) is 66.7 Å². The van der Waals surface area contributed by atoms with E-state index in [4.69, 9.17) is 4.74 Å². The van der Waals surface area contributed by atoms with E-state index in [0.717, 1.165) is 19.3 Å². The standard InChI is InChI=1S/C29H46O2/c1-10-13-21(8)29(24-14-11-12-15-27(24)30)31-22(9)28-25(19(4)5)16-23(18(2)3)17-26(28)20(6)7/h10,13,16-22,24,29H,11-12,14-15H2,1-9H3/b13-10+/t21-,22+,24+,29+/m0/s1. The van der Waals surface area contributed by atoms with Crippen LogP contribution in [-0.4, -0.2) is 11.9 Å². The second-order valence-electron chi connectivity index (χ2n) is 10.5. The molecule has 1 saturated carbocycles. The fraction of sp³-hybridized carbons (Fsp3) is 0.690. The van der Waals surface area contributed by atoms with E-state index in [-0.39, 0.29) is 24.0 Å². The fourth-order valence-corrected chi connectivity index (χ4v) is 5.14. The molecule has 1 aromatic carbocycles. The van der Waals surface area contributed by atoms with Crippen molar-refractivity contribution in [2.24, 2.45) is 11.8 Å². The van der Waals surface area contributed by atoms with E-state index >= 15 is 0 Å². The molecule has 0 N–H and O–H groups in total. The molecule has 0 saturated heterocycles. The Morgan fingerprint density at radius 1 is 0.903 bits per heavy atom. The van der Waals surface area contributed by atoms with Gasteiger partial charge >= 0.3 is 0 Å². The largest absolute Gasteiger partial charge is 0.369 e. The summed E-state index contributed by atoms with van der Waals surface area (Å²) in [5.74, 6) is 1.99. The average Bonchev–Trinajstić information content (AvgIpc) is 2.71. The Kier molecular flexibility index (Phi) is 9.55. The highest BCUT2D eigenvalue weighted by Gasteiger charge is 2.35. The lowest BCUT2D eigenvalue weighted by atomic mass is 9.79. The molecule has 1 aliphatic rings. The van der Waals surface area contributed by atoms with Gasteiger partial charge in [-0.25, -0.2) is 0 Å². The number of hydrogen-bond donors (Lipinski definition) is 0. The zero-order valence-electron chi connectivity index (χ0n) is 21.5. The Balaban J connectivity index is 2.51. The highest BCUT2D eigenvalue weighted by atomic mass is 16.5. The maximum Gasteiger partial charge on any atom is 0.138 e. The van der Waals surface area contributed by atoms with Crippen LogP contribution in [0.1, 0.15) is 134 Å². The van der Waals surface area contributed by atoms with Gasteiger partial charge in [-0.2, -0.15) is 0 Å². The summed E-state index contributed by atoms with van der Waals surface area (Å²) in [6.07, 6.45) is 8.01. The Morgan fingerprint density at radius 3 is 1.94 bits per heavy atom. The summed E-state index contributed by atoms with van der Waals surface area (Å²) in [6.45, 7) is 20.1. The van der Waals surface area contributed by atoms with Crippen molar-refractivity contribution in [2.75, 3.05) is 0 Å². The number of Topliss-reactive ketones (excluding diaryl/α,β-unsaturated/α-hetero) is 1. The average molecular weight is 427 g/mol. The van der Waals surface area contributed by atoms with Crippen molar-refractivity contribution < 1.29 is 9.53 Å². The van der Waals surface area contributed by atoms with Crippen LogP contribution in [0.2, 0.25) is 0 Å². The molecule has 0 heterocycles. The molecule has 0 spiro atoms. The number of hydrogen-bond acceptors (Lipinski definition) is 2. The number of carbonyl (C=O) groups is 1. The predicted octanol–water partition coefficient (Wildman–Crippen LogP) is 8.47. The lowest BCUT2D eigenvalue weighted by molar-refractivity contribution is -0.135. The first kappa shape index (κ1) is 25.8. The van der Waals surface area contributed by atoms with Gasteiger partial charge in [0, 0.05) is 18.3 Å². The zero-order valence-corrected chi connectivity index (χ0v) is 21.5. The third-order valence-corrected chi connectivity index (χ3v) is 6.96. The predicted molar refractivity (Wildman–Crippen MR) is 133 cm³/mol. The zero-order chi connectivity index (χ0) is 23.3. The number of carbonyl (C=O) groups excluding carboxylic acids is 1. The first-order valence-electron chi connectivity index (χ1n) is 12.6. The van der Waals surface area contributed by atoms with Crippen LogP contribution >= 0.6 is 0 Å². The van der Waals surface area contributed by atoms with Gasteiger partial charge in [0.05, 0.1) is 12.2 Å². The maximum atomic E-state index is 12.8. The summed E-state index contributed by atoms with van der Waals surface area (Å²) < 4.78 is 6.87. The molecular weight excluding hydrogens is 380 g/mol. The minimum absolute atomic E-state index is 0.0161. The topological polar surface area (TPSA) is 26.3 Å². The second-order valence-corrected chi connectivity index (χ2v) is 10.5. The fourth-order valence-electron chi connectivity index (χ4n) is 5.14. The first-order chi connectivity index (χ1) is 14.6. The summed E-state index contributed by atoms with van der Waals surface area (Å²) in [7, 11) is 0. The normalized spacial score (nSPS) is 20.8. The monoisotopic (exact) mass is 426 g/mol. The van der Waals surface area contributed by atoms with E-state index < -0.39 is 0 Å². The van der Waals surface area contributed by atoms with Crippen molar-refractivity contribution in [3.8, 4) is 0 Å². The molecule has 0 unspecified atom stereocenters. The number of benzene rings is 1. The van der Waals surface area contributed by atoms with Crippen molar-refractivity contribution in [1.82, 2.24) is 0 Å². The highest BCUT2D eigenvalue weighted by molar-refractivity contribution is 5.82. The van der Waals surface area contributed by atoms with Crippen LogP contribution in [0.25, 0.3) is 0 Å². The van der Waals surface area contributed by atoms with E-state index in [1.165, 1.54) is 22.3 Å². The maximum absolute atomic E-state index is 12.8. The van der Waals surface area contributed by atoms with Crippen molar-refractivity contribution in [3.05, 3.63) is 46.5 Å². The van der Waals surface area contributed by atoms with Gasteiger partial charge in [0.15, 0.2) is 0 Å². The van der Waals surface area contributed by atoms with Crippen molar-refractivity contribution in [2.45, 2.75) is 118 Å². The van der Waals surface area contributed by atoms with Gasteiger partial charge in [0.2, 0.25) is 0 Å². The smallest absolute Gasteiger partial charge is 0.138 e. The SMILES string of the molecule is C/C=C/[C@H](C)[C@@H](O[C@H](C)c1c(C(C)C)cc(C(C)C)cc1C(C)C)[C@@H]1CCCCC1=O. The van der Waals surface area contributed by atoms with Crippen molar-refractivity contribution >= 4 is 5.78 Å². The van der Waals surface area contributed by atoms with Crippen LogP contribution in [0.5, 0.6) is 0 Å². The Morgan fingerprint density at radius 2 is 1.48 bits per heavy atom. The molecule has 0 amide bonds. The Hall–Kier alpha value is -1.41. The Bertz CT molecular complexity index is 727. The van der Waals surface area contributed by atoms with Gasteiger partial charge < -0.3 is 4.74 Å². The molecule has 31 heavy (non-hydrogen) atoms. The molecule has 2 nitrogen and oxygen atoms in total. The molecule has 174 valence electrons. The summed E-state index contributed by atoms with van der Waals surface area (Å²) >= 11 is 0. The molecule has 0 aliphatic heterocycles. The number of ketones is 1. The summed E-state index contributed by atoms with van der Waals surface area (Å²) in [6, 6.07) is 4.79. The number of rotatable bonds is 9. The molecule has 0 aromatic heterocycles. The van der Waals surface area contributed by atoms with E-state index in [9.17, 15) is 4.79 Å². The second kappa shape index (κ2) is 11.5. The molecular formula is C29H46O2. The van der Waals surface area contributed by atoms with Gasteiger partial charge in [-0.15, -0.1) is 0 Å². The van der Waals surface area contributed by atoms with Gasteiger partial charge in [0.1, 0.15) is 5.78 Å². The molecule has 2 rings (SSSR count). The summed E-state index contributed by atoms with van der Waals surface area (Å²) in [5, 5.41) is 0. The highest BCUT2D eigenvalue weighted by Crippen LogP contribution is 2.40. The quantitative estimate of drug-likeness (QED) is 0.370. The van der Waals surface area contributed by atoms with Crippen LogP contribution in [0.15, 0.2) is 24.3 Å². The van der Waals surface area contributed by atoms with Crippen LogP contribution in [0.4, 0.5) is 0 Å². The molecule has 1 aliphatic carbocycles. The lowest BCUT2D eigenvalue weighted by Gasteiger charge is -2.36. The van der Waals surface area contributed by atoms with Gasteiger partial charge in [-0.1, -0.05) is 79.2 Å². The first-order valence-corrected chi connectivity index (χ1v) is 12.6. The lowest BCUT2D eigenvalue weighted by Crippen LogP contribution is -2.38. The number of allylic oxidation sites excluding steroid dienone is 1. The molecule has 0 bridgehead atoms. The molecule has 1 aromatic rings. The Labute approximate surface area is 191 Å². The third kappa shape index (κ3) is 6.31. The van der Waals surface area contributed by atoms with E-state index in [1.54, 1.807) is 0 Å². The van der Waals surface area contributed by atoms with Crippen LogP contribution in [0, 0.1) is 11.8 Å².